The molecule has 0 bridgehead atoms. The molecule has 1 aliphatic rings. The summed E-state index contributed by atoms with van der Waals surface area (Å²) in [6.45, 7) is 0. The molecule has 0 spiro atoms. The molecule has 0 saturated heterocycles. The van der Waals surface area contributed by atoms with Gasteiger partial charge in [-0.2, -0.15) is 5.10 Å². The summed E-state index contributed by atoms with van der Waals surface area (Å²) < 4.78 is 1.82. The van der Waals surface area contributed by atoms with Crippen molar-refractivity contribution in [2.24, 2.45) is 13.0 Å². The zero-order valence-electron chi connectivity index (χ0n) is 8.92. The molecule has 1 aromatic carbocycles. The Morgan fingerprint density at radius 1 is 1.50 bits per heavy atom. The minimum Gasteiger partial charge on any atom is -0.481 e. The lowest BCUT2D eigenvalue weighted by molar-refractivity contribution is -0.138. The van der Waals surface area contributed by atoms with Crippen molar-refractivity contribution in [2.45, 2.75) is 12.3 Å². The van der Waals surface area contributed by atoms with Crippen molar-refractivity contribution in [2.75, 3.05) is 0 Å². The lowest BCUT2D eigenvalue weighted by Gasteiger charge is -1.92. The quantitative estimate of drug-likeness (QED) is 0.832. The van der Waals surface area contributed by atoms with E-state index in [1.54, 1.807) is 0 Å². The number of hydrogen-bond donors (Lipinski definition) is 1. The van der Waals surface area contributed by atoms with Gasteiger partial charge < -0.3 is 5.11 Å². The van der Waals surface area contributed by atoms with Crippen LogP contribution in [0.1, 0.15) is 18.0 Å². The third-order valence-corrected chi connectivity index (χ3v) is 3.25. The van der Waals surface area contributed by atoms with E-state index in [1.807, 2.05) is 36.0 Å². The van der Waals surface area contributed by atoms with Gasteiger partial charge in [0.2, 0.25) is 0 Å². The van der Waals surface area contributed by atoms with Gasteiger partial charge in [0.15, 0.2) is 0 Å². The first-order valence-corrected chi connectivity index (χ1v) is 5.33. The van der Waals surface area contributed by atoms with Crippen LogP contribution >= 0.6 is 0 Å². The Hall–Kier alpha value is -1.84. The molecule has 2 atom stereocenters. The van der Waals surface area contributed by atoms with Crippen molar-refractivity contribution < 1.29 is 9.90 Å². The van der Waals surface area contributed by atoms with Crippen molar-refractivity contribution in [3.63, 3.8) is 0 Å². The third kappa shape index (κ3) is 1.23. The van der Waals surface area contributed by atoms with Gasteiger partial charge in [-0.25, -0.2) is 0 Å². The molecule has 0 amide bonds. The molecule has 16 heavy (non-hydrogen) atoms. The predicted molar refractivity (Wildman–Crippen MR) is 59.2 cm³/mol. The normalized spacial score (nSPS) is 23.6. The summed E-state index contributed by atoms with van der Waals surface area (Å²) in [4.78, 5) is 10.9. The van der Waals surface area contributed by atoms with Crippen molar-refractivity contribution >= 4 is 16.9 Å². The summed E-state index contributed by atoms with van der Waals surface area (Å²) in [7, 11) is 1.89. The molecule has 0 radical (unpaired) electrons. The molecular weight excluding hydrogens is 204 g/mol. The van der Waals surface area contributed by atoms with E-state index in [0.717, 1.165) is 23.0 Å². The van der Waals surface area contributed by atoms with Gasteiger partial charge in [0, 0.05) is 18.4 Å². The van der Waals surface area contributed by atoms with E-state index in [4.69, 9.17) is 5.11 Å². The number of nitrogens with zero attached hydrogens (tertiary/aromatic N) is 2. The Bertz CT molecular complexity index is 573. The van der Waals surface area contributed by atoms with Crippen molar-refractivity contribution in [1.29, 1.82) is 0 Å². The number of carboxylic acid groups (broad SMARTS) is 1. The number of benzene rings is 1. The Kier molecular flexibility index (Phi) is 1.80. The van der Waals surface area contributed by atoms with Crippen LogP contribution < -0.4 is 0 Å². The largest absolute Gasteiger partial charge is 0.481 e. The van der Waals surface area contributed by atoms with Crippen LogP contribution in [0, 0.1) is 5.92 Å². The van der Waals surface area contributed by atoms with Crippen LogP contribution in [0.15, 0.2) is 24.3 Å². The van der Waals surface area contributed by atoms with Crippen LogP contribution in [0.5, 0.6) is 0 Å². The van der Waals surface area contributed by atoms with Crippen LogP contribution in [0.25, 0.3) is 10.9 Å². The third-order valence-electron chi connectivity index (χ3n) is 3.25. The van der Waals surface area contributed by atoms with Crippen LogP contribution in [0.4, 0.5) is 0 Å². The Morgan fingerprint density at radius 3 is 2.94 bits per heavy atom. The van der Waals surface area contributed by atoms with Crippen LogP contribution in [0.3, 0.4) is 0 Å². The predicted octanol–water partition coefficient (Wildman–Crippen LogP) is 1.76. The molecule has 0 aliphatic heterocycles. The summed E-state index contributed by atoms with van der Waals surface area (Å²) in [6.07, 6.45) is 0.719. The zero-order chi connectivity index (χ0) is 11.3. The van der Waals surface area contributed by atoms with Gasteiger partial charge in [0.25, 0.3) is 0 Å². The first-order chi connectivity index (χ1) is 7.68. The fourth-order valence-corrected chi connectivity index (χ4v) is 2.29. The molecule has 1 aromatic heterocycles. The first-order valence-electron chi connectivity index (χ1n) is 5.33. The number of aromatic nitrogens is 2. The molecule has 3 rings (SSSR count). The lowest BCUT2D eigenvalue weighted by Crippen LogP contribution is -1.99. The maximum atomic E-state index is 10.9. The van der Waals surface area contributed by atoms with Gasteiger partial charge >= 0.3 is 5.97 Å². The molecule has 82 valence electrons. The molecule has 1 saturated carbocycles. The van der Waals surface area contributed by atoms with Crippen molar-refractivity contribution in [3.8, 4) is 0 Å². The van der Waals surface area contributed by atoms with Gasteiger partial charge in [-0.05, 0) is 12.5 Å². The molecule has 2 aromatic rings. The van der Waals surface area contributed by atoms with E-state index >= 15 is 0 Å². The van der Waals surface area contributed by atoms with E-state index < -0.39 is 5.97 Å². The zero-order valence-corrected chi connectivity index (χ0v) is 8.92. The Labute approximate surface area is 92.5 Å². The number of aliphatic carboxylic acids is 1. The highest BCUT2D eigenvalue weighted by Gasteiger charge is 2.46. The van der Waals surface area contributed by atoms with E-state index in [-0.39, 0.29) is 11.8 Å². The molecule has 2 unspecified atom stereocenters. The summed E-state index contributed by atoms with van der Waals surface area (Å²) in [5.74, 6) is -0.846. The molecule has 4 nitrogen and oxygen atoms in total. The maximum absolute atomic E-state index is 10.9. The second-order valence-corrected chi connectivity index (χ2v) is 4.31. The van der Waals surface area contributed by atoms with Gasteiger partial charge in [0.1, 0.15) is 0 Å². The number of fused-ring (bicyclic) bond motifs is 1. The number of carbonyl (C=O) groups is 1. The SMILES string of the molecule is Cn1nc(C2CC2C(=O)O)c2ccccc21. The fraction of sp³-hybridized carbons (Fsp3) is 0.333. The van der Waals surface area contributed by atoms with Gasteiger partial charge in [-0.15, -0.1) is 0 Å². The van der Waals surface area contributed by atoms with Crippen LogP contribution in [-0.4, -0.2) is 20.9 Å². The smallest absolute Gasteiger partial charge is 0.307 e. The Morgan fingerprint density at radius 2 is 2.25 bits per heavy atom. The maximum Gasteiger partial charge on any atom is 0.307 e. The van der Waals surface area contributed by atoms with Gasteiger partial charge in [-0.1, -0.05) is 18.2 Å². The molecule has 1 heterocycles. The number of carboxylic acids is 1. The Balaban J connectivity index is 2.09. The lowest BCUT2D eigenvalue weighted by atomic mass is 10.1. The van der Waals surface area contributed by atoms with E-state index in [2.05, 4.69) is 5.10 Å². The molecule has 4 heteroatoms. The van der Waals surface area contributed by atoms with Crippen LogP contribution in [0.2, 0.25) is 0 Å². The molecule has 1 aliphatic carbocycles. The van der Waals surface area contributed by atoms with Gasteiger partial charge in [-0.3, -0.25) is 9.48 Å². The van der Waals surface area contributed by atoms with Crippen molar-refractivity contribution in [1.82, 2.24) is 9.78 Å². The van der Waals surface area contributed by atoms with E-state index in [9.17, 15) is 4.79 Å². The highest BCUT2D eigenvalue weighted by molar-refractivity contribution is 5.85. The van der Waals surface area contributed by atoms with Crippen LogP contribution in [-0.2, 0) is 11.8 Å². The average Bonchev–Trinajstić information content (AvgIpc) is 3.00. The first kappa shape index (κ1) is 9.39. The number of hydrogen-bond acceptors (Lipinski definition) is 2. The second-order valence-electron chi connectivity index (χ2n) is 4.31. The minimum atomic E-state index is -0.709. The highest BCUT2D eigenvalue weighted by atomic mass is 16.4. The summed E-state index contributed by atoms with van der Waals surface area (Å²) in [6, 6.07) is 7.94. The second kappa shape index (κ2) is 3.07. The van der Waals surface area contributed by atoms with E-state index in [1.165, 1.54) is 0 Å². The van der Waals surface area contributed by atoms with E-state index in [0.29, 0.717) is 0 Å². The average molecular weight is 216 g/mol. The number of rotatable bonds is 2. The molecular formula is C12H12N2O2. The minimum absolute atomic E-state index is 0.101. The monoisotopic (exact) mass is 216 g/mol. The highest BCUT2D eigenvalue weighted by Crippen LogP contribution is 2.48. The van der Waals surface area contributed by atoms with Crippen molar-refractivity contribution in [3.05, 3.63) is 30.0 Å². The summed E-state index contributed by atoms with van der Waals surface area (Å²) >= 11 is 0. The standard InChI is InChI=1S/C12H12N2O2/c1-14-10-5-3-2-4-7(10)11(13-14)8-6-9(8)12(15)16/h2-5,8-9H,6H2,1H3,(H,15,16). The summed E-state index contributed by atoms with van der Waals surface area (Å²) in [5.41, 5.74) is 2.00. The topological polar surface area (TPSA) is 55.1 Å². The molecule has 1 N–H and O–H groups in total. The summed E-state index contributed by atoms with van der Waals surface area (Å²) in [5, 5.41) is 14.4. The molecule has 1 fully saturated rings. The number of aryl methyl sites for hydroxylation is 1. The number of para-hydroxylation sites is 1. The van der Waals surface area contributed by atoms with Gasteiger partial charge in [0.05, 0.1) is 17.1 Å². The fourth-order valence-electron chi connectivity index (χ4n) is 2.29.